The molecule has 2 fully saturated rings. The molecule has 1 aliphatic carbocycles. The Morgan fingerprint density at radius 3 is 2.29 bits per heavy atom. The van der Waals surface area contributed by atoms with Crippen molar-refractivity contribution < 1.29 is 39.6 Å². The van der Waals surface area contributed by atoms with Crippen LogP contribution in [0.15, 0.2) is 35.4 Å². The van der Waals surface area contributed by atoms with Gasteiger partial charge < -0.3 is 4.90 Å². The molecule has 0 N–H and O–H groups in total. The fourth-order valence-corrected chi connectivity index (χ4v) is 6.50. The van der Waals surface area contributed by atoms with Gasteiger partial charge in [0.25, 0.3) is 0 Å². The Balaban J connectivity index is 1.57. The first kappa shape index (κ1) is 24.8. The molecule has 2 heterocycles. The lowest BCUT2D eigenvalue weighted by Crippen LogP contribution is -2.46. The summed E-state index contributed by atoms with van der Waals surface area (Å²) in [5, 5.41) is 1.93. The van der Waals surface area contributed by atoms with E-state index in [2.05, 4.69) is 5.10 Å². The third-order valence-corrected chi connectivity index (χ3v) is 8.92. The van der Waals surface area contributed by atoms with Gasteiger partial charge in [0.1, 0.15) is 5.41 Å². The van der Waals surface area contributed by atoms with Crippen molar-refractivity contribution in [2.45, 2.75) is 54.7 Å². The predicted molar refractivity (Wildman–Crippen MR) is 108 cm³/mol. The van der Waals surface area contributed by atoms with E-state index >= 15 is 0 Å². The molecule has 2 aliphatic rings. The summed E-state index contributed by atoms with van der Waals surface area (Å²) in [6.45, 7) is 1.08. The van der Waals surface area contributed by atoms with Crippen molar-refractivity contribution in [3.8, 4) is 5.69 Å². The van der Waals surface area contributed by atoms with Crippen LogP contribution in [0.3, 0.4) is 0 Å². The smallest absolute Gasteiger partial charge is 0.338 e. The summed E-state index contributed by atoms with van der Waals surface area (Å²) in [6.07, 6.45) is -9.06. The van der Waals surface area contributed by atoms with Crippen LogP contribution in [-0.4, -0.2) is 53.0 Å². The van der Waals surface area contributed by atoms with E-state index in [1.165, 1.54) is 13.0 Å². The van der Waals surface area contributed by atoms with Crippen LogP contribution in [0.25, 0.3) is 5.69 Å². The first-order valence-electron chi connectivity index (χ1n) is 10.1. The number of amides is 1. The maximum Gasteiger partial charge on any atom is 0.435 e. The minimum atomic E-state index is -4.71. The van der Waals surface area contributed by atoms with Gasteiger partial charge in [0, 0.05) is 18.8 Å². The number of likely N-dealkylation sites (tertiary alicyclic amines) is 1. The molecule has 1 saturated carbocycles. The number of carbonyl (C=O) groups excluding carboxylic acids is 1. The van der Waals surface area contributed by atoms with E-state index in [1.807, 2.05) is 0 Å². The molecule has 186 valence electrons. The summed E-state index contributed by atoms with van der Waals surface area (Å²) >= 11 is 6.14. The zero-order valence-corrected chi connectivity index (χ0v) is 19.1. The molecule has 4 rings (SSSR count). The van der Waals surface area contributed by atoms with Crippen molar-refractivity contribution in [3.05, 3.63) is 41.2 Å². The lowest BCUT2D eigenvalue weighted by molar-refractivity contribution is -0.198. The van der Waals surface area contributed by atoms with Crippen molar-refractivity contribution in [2.24, 2.45) is 5.41 Å². The third kappa shape index (κ3) is 4.06. The Labute approximate surface area is 195 Å². The molecule has 1 amide bonds. The van der Waals surface area contributed by atoms with Crippen molar-refractivity contribution in [1.29, 1.82) is 0 Å². The van der Waals surface area contributed by atoms with E-state index in [4.69, 9.17) is 11.6 Å². The SMILES string of the molecule is C[C@@H]1CC(S(=O)(=O)c2ccc(-n3ccc(C(F)(F)F)n3)cc2Cl)CN1C(=O)C1(C(F)(F)F)CC1. The van der Waals surface area contributed by atoms with Crippen LogP contribution in [0.4, 0.5) is 26.3 Å². The molecule has 1 aliphatic heterocycles. The summed E-state index contributed by atoms with van der Waals surface area (Å²) in [5.41, 5.74) is -3.51. The van der Waals surface area contributed by atoms with Crippen LogP contribution in [0, 0.1) is 5.41 Å². The van der Waals surface area contributed by atoms with Crippen LogP contribution in [-0.2, 0) is 20.8 Å². The molecule has 2 aromatic rings. The number of hydrogen-bond donors (Lipinski definition) is 0. The van der Waals surface area contributed by atoms with E-state index in [1.54, 1.807) is 0 Å². The number of halogens is 7. The van der Waals surface area contributed by atoms with Gasteiger partial charge in [0.2, 0.25) is 5.91 Å². The highest BCUT2D eigenvalue weighted by molar-refractivity contribution is 7.92. The lowest BCUT2D eigenvalue weighted by atomic mass is 10.0. The van der Waals surface area contributed by atoms with Crippen LogP contribution in [0.1, 0.15) is 31.9 Å². The maximum atomic E-state index is 13.4. The largest absolute Gasteiger partial charge is 0.435 e. The van der Waals surface area contributed by atoms with Gasteiger partial charge in [0.05, 0.1) is 20.9 Å². The lowest BCUT2D eigenvalue weighted by Gasteiger charge is -2.28. The summed E-state index contributed by atoms with van der Waals surface area (Å²) < 4.78 is 106. The molecule has 1 saturated heterocycles. The molecular formula is C20H18ClF6N3O3S. The maximum absolute atomic E-state index is 13.4. The molecule has 6 nitrogen and oxygen atoms in total. The Morgan fingerprint density at radius 1 is 1.15 bits per heavy atom. The summed E-state index contributed by atoms with van der Waals surface area (Å²) in [4.78, 5) is 13.3. The van der Waals surface area contributed by atoms with E-state index in [-0.39, 0.29) is 34.9 Å². The van der Waals surface area contributed by atoms with Crippen molar-refractivity contribution in [3.63, 3.8) is 0 Å². The zero-order valence-electron chi connectivity index (χ0n) is 17.5. The Bertz CT molecular complexity index is 1240. The van der Waals surface area contributed by atoms with Gasteiger partial charge in [-0.15, -0.1) is 0 Å². The predicted octanol–water partition coefficient (Wildman–Crippen LogP) is 4.65. The molecule has 2 atom stereocenters. The standard InChI is InChI=1S/C20H18ClF6N3O3S/c1-11-8-13(10-29(11)17(31)18(5-6-18)20(25,26)27)34(32,33)15-3-2-12(9-14(15)21)30-7-4-16(28-30)19(22,23)24/h2-4,7,9,11,13H,5-6,8,10H2,1H3/t11-,13?/m1/s1. The number of benzene rings is 1. The highest BCUT2D eigenvalue weighted by atomic mass is 35.5. The topological polar surface area (TPSA) is 72.3 Å². The minimum Gasteiger partial charge on any atom is -0.338 e. The van der Waals surface area contributed by atoms with Crippen LogP contribution in [0.2, 0.25) is 5.02 Å². The van der Waals surface area contributed by atoms with E-state index < -0.39 is 57.0 Å². The second-order valence-electron chi connectivity index (χ2n) is 8.55. The molecule has 0 spiro atoms. The molecule has 1 aromatic heterocycles. The normalized spacial score (nSPS) is 22.8. The third-order valence-electron chi connectivity index (χ3n) is 6.30. The summed E-state index contributed by atoms with van der Waals surface area (Å²) in [5.74, 6) is -1.12. The zero-order chi connectivity index (χ0) is 25.3. The second-order valence-corrected chi connectivity index (χ2v) is 11.2. The van der Waals surface area contributed by atoms with Gasteiger partial charge in [-0.3, -0.25) is 4.79 Å². The van der Waals surface area contributed by atoms with Crippen molar-refractivity contribution in [2.75, 3.05) is 6.54 Å². The first-order valence-corrected chi connectivity index (χ1v) is 12.0. The van der Waals surface area contributed by atoms with Crippen LogP contribution < -0.4 is 0 Å². The Kier molecular flexibility index (Phi) is 5.75. The van der Waals surface area contributed by atoms with Gasteiger partial charge >= 0.3 is 12.4 Å². The Hall–Kier alpha value is -2.28. The molecular weight excluding hydrogens is 512 g/mol. The van der Waals surface area contributed by atoms with E-state index in [9.17, 15) is 39.6 Å². The minimum absolute atomic E-state index is 0.0752. The molecule has 14 heteroatoms. The van der Waals surface area contributed by atoms with Crippen LogP contribution >= 0.6 is 11.6 Å². The number of rotatable bonds is 4. The van der Waals surface area contributed by atoms with Crippen molar-refractivity contribution >= 4 is 27.3 Å². The average molecular weight is 530 g/mol. The monoisotopic (exact) mass is 529 g/mol. The van der Waals surface area contributed by atoms with Gasteiger partial charge in [-0.2, -0.15) is 31.4 Å². The molecule has 1 unspecified atom stereocenters. The highest BCUT2D eigenvalue weighted by Gasteiger charge is 2.70. The summed E-state index contributed by atoms with van der Waals surface area (Å²) in [6, 6.07) is 3.48. The number of alkyl halides is 6. The fraction of sp³-hybridized carbons (Fsp3) is 0.500. The highest BCUT2D eigenvalue weighted by Crippen LogP contribution is 2.59. The van der Waals surface area contributed by atoms with Crippen LogP contribution in [0.5, 0.6) is 0 Å². The second kappa shape index (κ2) is 7.87. The molecule has 0 bridgehead atoms. The number of carbonyl (C=O) groups is 1. The quantitative estimate of drug-likeness (QED) is 0.541. The number of sulfone groups is 1. The van der Waals surface area contributed by atoms with Gasteiger partial charge in [0.15, 0.2) is 15.5 Å². The molecule has 0 radical (unpaired) electrons. The summed E-state index contributed by atoms with van der Waals surface area (Å²) in [7, 11) is -4.16. The van der Waals surface area contributed by atoms with Gasteiger partial charge in [-0.25, -0.2) is 13.1 Å². The Morgan fingerprint density at radius 2 is 1.79 bits per heavy atom. The van der Waals surface area contributed by atoms with E-state index in [0.29, 0.717) is 0 Å². The van der Waals surface area contributed by atoms with Gasteiger partial charge in [-0.05, 0) is 50.5 Å². The van der Waals surface area contributed by atoms with Crippen molar-refractivity contribution in [1.82, 2.24) is 14.7 Å². The van der Waals surface area contributed by atoms with E-state index in [0.717, 1.165) is 34.0 Å². The first-order chi connectivity index (χ1) is 15.6. The molecule has 34 heavy (non-hydrogen) atoms. The number of aromatic nitrogens is 2. The number of nitrogens with zero attached hydrogens (tertiary/aromatic N) is 3. The number of hydrogen-bond acceptors (Lipinski definition) is 4. The fourth-order valence-electron chi connectivity index (χ4n) is 4.17. The van der Waals surface area contributed by atoms with Gasteiger partial charge in [-0.1, -0.05) is 11.6 Å². The molecule has 1 aromatic carbocycles. The average Bonchev–Trinajstić information content (AvgIpc) is 3.21.